The quantitative estimate of drug-likeness (QED) is 0.910. The summed E-state index contributed by atoms with van der Waals surface area (Å²) >= 11 is 1.43. The number of aliphatic hydroxyl groups is 1. The van der Waals surface area contributed by atoms with E-state index in [1.807, 2.05) is 21.0 Å². The molecule has 0 spiro atoms. The molecule has 0 radical (unpaired) electrons. The van der Waals surface area contributed by atoms with Crippen LogP contribution in [0.25, 0.3) is 0 Å². The van der Waals surface area contributed by atoms with E-state index in [1.165, 1.54) is 11.3 Å². The van der Waals surface area contributed by atoms with Gasteiger partial charge >= 0.3 is 0 Å². The lowest BCUT2D eigenvalue weighted by Crippen LogP contribution is -2.30. The minimum Gasteiger partial charge on any atom is -0.386 e. The number of amides is 1. The molecule has 7 heteroatoms. The number of rotatable bonds is 4. The number of aromatic nitrogens is 3. The monoisotopic (exact) mass is 360 g/mol. The highest BCUT2D eigenvalue weighted by atomic mass is 32.1. The summed E-state index contributed by atoms with van der Waals surface area (Å²) in [5, 5.41) is 17.4. The van der Waals surface area contributed by atoms with E-state index in [0.717, 1.165) is 42.9 Å². The number of hydrogen-bond acceptors (Lipinski definition) is 5. The van der Waals surface area contributed by atoms with E-state index in [1.54, 1.807) is 0 Å². The summed E-state index contributed by atoms with van der Waals surface area (Å²) in [6.07, 6.45) is 2.56. The zero-order valence-corrected chi connectivity index (χ0v) is 15.5. The van der Waals surface area contributed by atoms with Crippen LogP contribution in [0.3, 0.4) is 0 Å². The smallest absolute Gasteiger partial charge is 0.283 e. The third-order valence-corrected chi connectivity index (χ3v) is 5.84. The Morgan fingerprint density at radius 2 is 2.12 bits per heavy atom. The third kappa shape index (κ3) is 3.35. The summed E-state index contributed by atoms with van der Waals surface area (Å²) in [5.41, 5.74) is 2.73. The molecule has 1 saturated carbocycles. The molecule has 1 aliphatic heterocycles. The van der Waals surface area contributed by atoms with Gasteiger partial charge in [-0.1, -0.05) is 13.8 Å². The topological polar surface area (TPSA) is 71.2 Å². The Morgan fingerprint density at radius 1 is 1.32 bits per heavy atom. The number of aryl methyl sites for hydroxylation is 1. The Hall–Kier alpha value is -1.73. The van der Waals surface area contributed by atoms with Gasteiger partial charge in [-0.3, -0.25) is 9.48 Å². The Kier molecular flexibility index (Phi) is 4.37. The summed E-state index contributed by atoms with van der Waals surface area (Å²) in [6, 6.07) is 1.97. The zero-order chi connectivity index (χ0) is 17.6. The summed E-state index contributed by atoms with van der Waals surface area (Å²) < 4.78 is 1.95. The summed E-state index contributed by atoms with van der Waals surface area (Å²) in [5.74, 6) is 0.687. The fourth-order valence-electron chi connectivity index (χ4n) is 3.24. The minimum absolute atomic E-state index is 0.00385. The van der Waals surface area contributed by atoms with Crippen LogP contribution in [0.2, 0.25) is 0 Å². The van der Waals surface area contributed by atoms with Crippen molar-refractivity contribution >= 4 is 17.2 Å². The van der Waals surface area contributed by atoms with Crippen molar-refractivity contribution in [2.45, 2.75) is 58.2 Å². The van der Waals surface area contributed by atoms with Crippen LogP contribution in [0.15, 0.2) is 11.4 Å². The maximum Gasteiger partial charge on any atom is 0.283 e. The number of carbonyl (C=O) groups excluding carboxylic acids is 1. The maximum absolute atomic E-state index is 12.9. The Labute approximate surface area is 151 Å². The molecule has 4 rings (SSSR count). The van der Waals surface area contributed by atoms with Gasteiger partial charge < -0.3 is 10.0 Å². The number of thiazole rings is 1. The molecule has 1 fully saturated rings. The van der Waals surface area contributed by atoms with Crippen molar-refractivity contribution in [3.05, 3.63) is 33.5 Å². The molecule has 2 aromatic heterocycles. The van der Waals surface area contributed by atoms with Crippen LogP contribution in [0.4, 0.5) is 0 Å². The molecule has 0 bridgehead atoms. The first-order valence-corrected chi connectivity index (χ1v) is 9.90. The van der Waals surface area contributed by atoms with Crippen molar-refractivity contribution in [3.63, 3.8) is 0 Å². The van der Waals surface area contributed by atoms with Crippen molar-refractivity contribution in [2.24, 2.45) is 5.92 Å². The Morgan fingerprint density at radius 3 is 2.80 bits per heavy atom. The van der Waals surface area contributed by atoms with Gasteiger partial charge in [-0.25, -0.2) is 4.98 Å². The SMILES string of the molecule is CC(C)c1csc(C(=O)N2CCCn3nc(C(O)C4CC4)cc3C2)n1. The zero-order valence-electron chi connectivity index (χ0n) is 14.7. The van der Waals surface area contributed by atoms with E-state index in [0.29, 0.717) is 29.9 Å². The molecule has 3 heterocycles. The van der Waals surface area contributed by atoms with Crippen LogP contribution < -0.4 is 0 Å². The highest BCUT2D eigenvalue weighted by Crippen LogP contribution is 2.40. The highest BCUT2D eigenvalue weighted by Gasteiger charge is 2.33. The van der Waals surface area contributed by atoms with Gasteiger partial charge in [0.1, 0.15) is 6.10 Å². The van der Waals surface area contributed by atoms with Crippen LogP contribution in [0, 0.1) is 5.92 Å². The van der Waals surface area contributed by atoms with E-state index in [2.05, 4.69) is 23.9 Å². The number of nitrogens with zero attached hydrogens (tertiary/aromatic N) is 4. The molecule has 1 atom stereocenters. The lowest BCUT2D eigenvalue weighted by atomic mass is 10.1. The second-order valence-corrected chi connectivity index (χ2v) is 8.24. The fraction of sp³-hybridized carbons (Fsp3) is 0.611. The molecule has 0 saturated heterocycles. The largest absolute Gasteiger partial charge is 0.386 e. The van der Waals surface area contributed by atoms with Crippen molar-refractivity contribution in [2.75, 3.05) is 6.54 Å². The van der Waals surface area contributed by atoms with E-state index >= 15 is 0 Å². The van der Waals surface area contributed by atoms with Crippen molar-refractivity contribution < 1.29 is 9.90 Å². The van der Waals surface area contributed by atoms with Crippen molar-refractivity contribution in [3.8, 4) is 0 Å². The fourth-order valence-corrected chi connectivity index (χ4v) is 4.19. The first-order chi connectivity index (χ1) is 12.0. The van der Waals surface area contributed by atoms with Crippen molar-refractivity contribution in [1.82, 2.24) is 19.7 Å². The van der Waals surface area contributed by atoms with Crippen molar-refractivity contribution in [1.29, 1.82) is 0 Å². The lowest BCUT2D eigenvalue weighted by molar-refractivity contribution is 0.0745. The van der Waals surface area contributed by atoms with Crippen LogP contribution in [-0.2, 0) is 13.1 Å². The lowest BCUT2D eigenvalue weighted by Gasteiger charge is -2.18. The number of aliphatic hydroxyl groups excluding tert-OH is 1. The second-order valence-electron chi connectivity index (χ2n) is 7.38. The van der Waals surface area contributed by atoms with Gasteiger partial charge in [-0.05, 0) is 37.2 Å². The van der Waals surface area contributed by atoms with E-state index < -0.39 is 6.10 Å². The molecule has 2 aromatic rings. The predicted octanol–water partition coefficient (Wildman–Crippen LogP) is 2.95. The molecular formula is C18H24N4O2S. The van der Waals surface area contributed by atoms with Crippen LogP contribution in [0.1, 0.15) is 72.0 Å². The number of carbonyl (C=O) groups is 1. The molecular weight excluding hydrogens is 336 g/mol. The van der Waals surface area contributed by atoms with Crippen LogP contribution in [-0.4, -0.2) is 37.2 Å². The Balaban J connectivity index is 1.52. The van der Waals surface area contributed by atoms with Crippen LogP contribution in [0.5, 0.6) is 0 Å². The van der Waals surface area contributed by atoms with Gasteiger partial charge in [-0.2, -0.15) is 5.10 Å². The third-order valence-electron chi connectivity index (χ3n) is 4.99. The average Bonchev–Trinajstić information content (AvgIpc) is 3.24. The molecule has 1 unspecified atom stereocenters. The predicted molar refractivity (Wildman–Crippen MR) is 95.5 cm³/mol. The van der Waals surface area contributed by atoms with Gasteiger partial charge in [0.15, 0.2) is 5.01 Å². The summed E-state index contributed by atoms with van der Waals surface area (Å²) in [7, 11) is 0. The first kappa shape index (κ1) is 16.7. The molecule has 25 heavy (non-hydrogen) atoms. The normalized spacial score (nSPS) is 19.0. The van der Waals surface area contributed by atoms with E-state index in [9.17, 15) is 9.90 Å². The maximum atomic E-state index is 12.9. The number of fused-ring (bicyclic) bond motifs is 1. The van der Waals surface area contributed by atoms with Crippen LogP contribution >= 0.6 is 11.3 Å². The Bertz CT molecular complexity index is 778. The summed E-state index contributed by atoms with van der Waals surface area (Å²) in [4.78, 5) is 19.2. The summed E-state index contributed by atoms with van der Waals surface area (Å²) in [6.45, 7) is 6.19. The molecule has 2 aliphatic rings. The van der Waals surface area contributed by atoms with Gasteiger partial charge in [-0.15, -0.1) is 11.3 Å². The molecule has 1 amide bonds. The van der Waals surface area contributed by atoms with Gasteiger partial charge in [0, 0.05) is 18.5 Å². The van der Waals surface area contributed by atoms with Gasteiger partial charge in [0.25, 0.3) is 5.91 Å². The number of hydrogen-bond donors (Lipinski definition) is 1. The molecule has 1 N–H and O–H groups in total. The van der Waals surface area contributed by atoms with Gasteiger partial charge in [0.05, 0.1) is 23.6 Å². The van der Waals surface area contributed by atoms with E-state index in [4.69, 9.17) is 0 Å². The van der Waals surface area contributed by atoms with Gasteiger partial charge in [0.2, 0.25) is 0 Å². The standard InChI is InChI=1S/C18H24N4O2S/c1-11(2)15-10-25-17(19-15)18(24)21-6-3-7-22-13(9-21)8-14(20-22)16(23)12-4-5-12/h8,10-12,16,23H,3-7,9H2,1-2H3. The van der Waals surface area contributed by atoms with E-state index in [-0.39, 0.29) is 5.91 Å². The second kappa shape index (κ2) is 6.53. The highest BCUT2D eigenvalue weighted by molar-refractivity contribution is 7.11. The first-order valence-electron chi connectivity index (χ1n) is 9.02. The molecule has 134 valence electrons. The average molecular weight is 360 g/mol. The minimum atomic E-state index is -0.462. The molecule has 1 aliphatic carbocycles. The molecule has 6 nitrogen and oxygen atoms in total. The molecule has 0 aromatic carbocycles.